The molecule has 232 valence electrons. The zero-order chi connectivity index (χ0) is 31.4. The lowest BCUT2D eigenvalue weighted by atomic mass is 9.86. The topological polar surface area (TPSA) is 161 Å². The zero-order valence-electron chi connectivity index (χ0n) is 25.6. The van der Waals surface area contributed by atoms with Crippen LogP contribution in [-0.4, -0.2) is 53.2 Å². The van der Waals surface area contributed by atoms with E-state index in [4.69, 9.17) is 29.4 Å². The molecule has 11 heteroatoms. The van der Waals surface area contributed by atoms with Crippen LogP contribution in [-0.2, 0) is 30.2 Å². The van der Waals surface area contributed by atoms with E-state index in [0.29, 0.717) is 24.8 Å². The molecule has 3 unspecified atom stereocenters. The molecule has 0 saturated heterocycles. The van der Waals surface area contributed by atoms with Gasteiger partial charge in [-0.25, -0.2) is 9.59 Å². The van der Waals surface area contributed by atoms with Crippen LogP contribution in [0.25, 0.3) is 0 Å². The van der Waals surface area contributed by atoms with Crippen LogP contribution in [0.1, 0.15) is 99.5 Å². The van der Waals surface area contributed by atoms with Crippen molar-refractivity contribution in [1.82, 2.24) is 0 Å². The molecule has 0 aliphatic carbocycles. The first kappa shape index (κ1) is 35.7. The molecule has 4 atom stereocenters. The Kier molecular flexibility index (Phi) is 14.1. The first-order valence-electron chi connectivity index (χ1n) is 14.2. The number of ether oxygens (including phenoxy) is 5. The molecule has 0 spiro atoms. The van der Waals surface area contributed by atoms with E-state index in [1.54, 1.807) is 34.6 Å². The zero-order valence-corrected chi connectivity index (χ0v) is 25.6. The van der Waals surface area contributed by atoms with Crippen molar-refractivity contribution < 1.29 is 48.0 Å². The van der Waals surface area contributed by atoms with Crippen LogP contribution in [0.3, 0.4) is 0 Å². The average molecular weight is 582 g/mol. The number of carboxylic acid groups (broad SMARTS) is 1. The summed E-state index contributed by atoms with van der Waals surface area (Å²) in [6.07, 6.45) is -0.585. The van der Waals surface area contributed by atoms with Gasteiger partial charge in [0.25, 0.3) is 0 Å². The van der Waals surface area contributed by atoms with Crippen molar-refractivity contribution in [2.24, 2.45) is 11.1 Å². The Hall–Kier alpha value is -3.34. The molecule has 0 radical (unpaired) electrons. The number of carboxylic acids is 1. The standard InChI is InChI=1S/C30H47NO10/c1-9-12-19(4)38-27(35)40-23-15-14-22(16-24(23)41-28(36)39-20(5)13-10-2)18-30(31,25(32)33)17-21(6)37-26(34)29(7,8)11-3/h14-16,19-21H,9-13,17-18,31H2,1-8H3,(H,32,33)/t19?,20?,21-,30?/m0/s1. The summed E-state index contributed by atoms with van der Waals surface area (Å²) in [5.74, 6) is -2.05. The maximum atomic E-state index is 12.5. The largest absolute Gasteiger partial charge is 0.514 e. The van der Waals surface area contributed by atoms with Crippen molar-refractivity contribution in [2.45, 2.75) is 124 Å². The molecule has 11 nitrogen and oxygen atoms in total. The molecule has 1 rings (SSSR count). The normalized spacial score (nSPS) is 15.0. The molecule has 1 aromatic carbocycles. The van der Waals surface area contributed by atoms with Gasteiger partial charge in [-0.05, 0) is 71.6 Å². The minimum atomic E-state index is -1.83. The van der Waals surface area contributed by atoms with E-state index in [-0.39, 0.29) is 30.4 Å². The molecular formula is C30H47NO10. The monoisotopic (exact) mass is 581 g/mol. The fourth-order valence-corrected chi connectivity index (χ4v) is 3.95. The van der Waals surface area contributed by atoms with Gasteiger partial charge < -0.3 is 34.5 Å². The van der Waals surface area contributed by atoms with Gasteiger partial charge in [0.1, 0.15) is 23.9 Å². The number of benzene rings is 1. The Bertz CT molecular complexity index is 1040. The third-order valence-corrected chi connectivity index (χ3v) is 6.72. The molecule has 1 aromatic rings. The van der Waals surface area contributed by atoms with E-state index >= 15 is 0 Å². The number of nitrogens with two attached hydrogens (primary N) is 1. The Morgan fingerprint density at radius 2 is 1.34 bits per heavy atom. The summed E-state index contributed by atoms with van der Waals surface area (Å²) in [4.78, 5) is 49.6. The van der Waals surface area contributed by atoms with Crippen LogP contribution in [0, 0.1) is 5.41 Å². The molecule has 0 amide bonds. The second-order valence-electron chi connectivity index (χ2n) is 11.2. The molecule has 0 aromatic heterocycles. The Balaban J connectivity index is 3.24. The van der Waals surface area contributed by atoms with Crippen LogP contribution >= 0.6 is 0 Å². The van der Waals surface area contributed by atoms with Gasteiger partial charge in [0.2, 0.25) is 0 Å². The van der Waals surface area contributed by atoms with E-state index in [1.165, 1.54) is 18.2 Å². The van der Waals surface area contributed by atoms with Gasteiger partial charge in [0, 0.05) is 12.8 Å². The number of carbonyl (C=O) groups is 4. The maximum Gasteiger partial charge on any atom is 0.514 e. The lowest BCUT2D eigenvalue weighted by Crippen LogP contribution is -2.52. The fraction of sp³-hybridized carbons (Fsp3) is 0.667. The van der Waals surface area contributed by atoms with E-state index < -0.39 is 47.4 Å². The van der Waals surface area contributed by atoms with Crippen molar-refractivity contribution in [3.05, 3.63) is 23.8 Å². The van der Waals surface area contributed by atoms with Gasteiger partial charge in [-0.2, -0.15) is 0 Å². The van der Waals surface area contributed by atoms with Crippen molar-refractivity contribution in [3.63, 3.8) is 0 Å². The summed E-state index contributed by atoms with van der Waals surface area (Å²) in [6.45, 7) is 14.3. The average Bonchev–Trinajstić information content (AvgIpc) is 2.85. The van der Waals surface area contributed by atoms with E-state index in [9.17, 15) is 24.3 Å². The van der Waals surface area contributed by atoms with Crippen molar-refractivity contribution in [2.75, 3.05) is 0 Å². The number of hydrogen-bond donors (Lipinski definition) is 2. The Morgan fingerprint density at radius 1 is 0.829 bits per heavy atom. The number of carbonyl (C=O) groups excluding carboxylic acids is 3. The minimum absolute atomic E-state index is 0.121. The van der Waals surface area contributed by atoms with E-state index in [0.717, 1.165) is 12.8 Å². The van der Waals surface area contributed by atoms with Gasteiger partial charge >= 0.3 is 24.2 Å². The number of aliphatic carboxylic acids is 1. The van der Waals surface area contributed by atoms with E-state index in [2.05, 4.69) is 0 Å². The van der Waals surface area contributed by atoms with Crippen LogP contribution in [0.5, 0.6) is 11.5 Å². The SMILES string of the molecule is CCCC(C)OC(=O)Oc1ccc(CC(N)(C[C@H](C)OC(=O)C(C)(C)CC)C(=O)O)cc1OC(=O)OC(C)CCC. The second kappa shape index (κ2) is 16.2. The molecule has 0 aliphatic rings. The first-order valence-corrected chi connectivity index (χ1v) is 14.2. The second-order valence-corrected chi connectivity index (χ2v) is 11.2. The quantitative estimate of drug-likeness (QED) is 0.130. The summed E-state index contributed by atoms with van der Waals surface area (Å²) in [7, 11) is 0. The highest BCUT2D eigenvalue weighted by atomic mass is 16.7. The fourth-order valence-electron chi connectivity index (χ4n) is 3.95. The summed E-state index contributed by atoms with van der Waals surface area (Å²) in [5, 5.41) is 9.99. The van der Waals surface area contributed by atoms with E-state index in [1.807, 2.05) is 20.8 Å². The van der Waals surface area contributed by atoms with Crippen LogP contribution in [0.15, 0.2) is 18.2 Å². The Labute approximate surface area is 243 Å². The number of esters is 1. The molecule has 0 fully saturated rings. The minimum Gasteiger partial charge on any atom is -0.480 e. The van der Waals surface area contributed by atoms with Crippen molar-refractivity contribution >= 4 is 24.2 Å². The highest BCUT2D eigenvalue weighted by Gasteiger charge is 2.38. The van der Waals surface area contributed by atoms with Crippen LogP contribution in [0.4, 0.5) is 9.59 Å². The van der Waals surface area contributed by atoms with Crippen molar-refractivity contribution in [3.8, 4) is 11.5 Å². The van der Waals surface area contributed by atoms with Gasteiger partial charge in [-0.15, -0.1) is 0 Å². The summed E-state index contributed by atoms with van der Waals surface area (Å²) < 4.78 is 26.6. The lowest BCUT2D eigenvalue weighted by Gasteiger charge is -2.30. The summed E-state index contributed by atoms with van der Waals surface area (Å²) in [6, 6.07) is 4.21. The van der Waals surface area contributed by atoms with Crippen LogP contribution in [0.2, 0.25) is 0 Å². The predicted octanol–water partition coefficient (Wildman–Crippen LogP) is 6.18. The molecule has 0 saturated carbocycles. The maximum absolute atomic E-state index is 12.5. The van der Waals surface area contributed by atoms with Crippen molar-refractivity contribution in [1.29, 1.82) is 0 Å². The summed E-state index contributed by atoms with van der Waals surface area (Å²) in [5.41, 5.74) is 4.12. The third-order valence-electron chi connectivity index (χ3n) is 6.72. The molecule has 0 bridgehead atoms. The first-order chi connectivity index (χ1) is 19.1. The van der Waals surface area contributed by atoms with Gasteiger partial charge in [-0.1, -0.05) is 39.7 Å². The smallest absolute Gasteiger partial charge is 0.480 e. The highest BCUT2D eigenvalue weighted by molar-refractivity contribution is 5.79. The molecule has 41 heavy (non-hydrogen) atoms. The lowest BCUT2D eigenvalue weighted by molar-refractivity contribution is -0.161. The Morgan fingerprint density at radius 3 is 1.80 bits per heavy atom. The van der Waals surface area contributed by atoms with Gasteiger partial charge in [0.05, 0.1) is 5.41 Å². The summed E-state index contributed by atoms with van der Waals surface area (Å²) >= 11 is 0. The molecule has 0 heterocycles. The third kappa shape index (κ3) is 12.0. The predicted molar refractivity (Wildman–Crippen MR) is 152 cm³/mol. The highest BCUT2D eigenvalue weighted by Crippen LogP contribution is 2.32. The molecule has 0 aliphatic heterocycles. The number of rotatable bonds is 16. The number of hydrogen-bond acceptors (Lipinski definition) is 10. The van der Waals surface area contributed by atoms with Crippen LogP contribution < -0.4 is 15.2 Å². The van der Waals surface area contributed by atoms with Gasteiger partial charge in [0.15, 0.2) is 11.5 Å². The molecular weight excluding hydrogens is 534 g/mol. The molecule has 3 N–H and O–H groups in total. The van der Waals surface area contributed by atoms with Gasteiger partial charge in [-0.3, -0.25) is 9.59 Å².